The maximum atomic E-state index is 11.1. The molecule has 0 saturated carbocycles. The van der Waals surface area contributed by atoms with E-state index in [0.29, 0.717) is 12.1 Å². The van der Waals surface area contributed by atoms with Crippen LogP contribution in [0.25, 0.3) is 5.73 Å². The number of hydrogen-bond acceptors (Lipinski definition) is 2. The summed E-state index contributed by atoms with van der Waals surface area (Å²) < 4.78 is 0. The second-order valence-corrected chi connectivity index (χ2v) is 4.61. The van der Waals surface area contributed by atoms with Gasteiger partial charge in [0.15, 0.2) is 0 Å². The van der Waals surface area contributed by atoms with Crippen LogP contribution in [0.5, 0.6) is 5.75 Å². The zero-order chi connectivity index (χ0) is 14.8. The molecule has 4 nitrogen and oxygen atoms in total. The zero-order valence-corrected chi connectivity index (χ0v) is 15.3. The summed E-state index contributed by atoms with van der Waals surface area (Å²) in [6.07, 6.45) is 0.749. The Hall–Kier alpha value is -0.706. The summed E-state index contributed by atoms with van der Waals surface area (Å²) in [6.45, 7) is 9.47. The van der Waals surface area contributed by atoms with Gasteiger partial charge in [0.05, 0.1) is 0 Å². The minimum absolute atomic E-state index is 0. The Bertz CT molecular complexity index is 400. The molecule has 0 aromatic heterocycles. The number of nitrogens with one attached hydrogen (secondary N) is 2. The van der Waals surface area contributed by atoms with Gasteiger partial charge in [-0.3, -0.25) is 4.79 Å². The van der Waals surface area contributed by atoms with Crippen LogP contribution in [0.2, 0.25) is 0 Å². The molecule has 1 radical (unpaired) electrons. The van der Waals surface area contributed by atoms with Crippen molar-refractivity contribution < 1.29 is 42.6 Å². The van der Waals surface area contributed by atoms with E-state index >= 15 is 0 Å². The van der Waals surface area contributed by atoms with Crippen molar-refractivity contribution in [3.63, 3.8) is 0 Å². The molecule has 3 N–H and O–H groups in total. The summed E-state index contributed by atoms with van der Waals surface area (Å²) in [6, 6.07) is 7.02. The predicted octanol–water partition coefficient (Wildman–Crippen LogP) is 3.07. The molecular weight excluding hydrogens is 329 g/mol. The van der Waals surface area contributed by atoms with E-state index in [9.17, 15) is 4.79 Å². The fraction of sp³-hybridized carbons (Fsp3) is 0.400. The summed E-state index contributed by atoms with van der Waals surface area (Å²) in [5.41, 5.74) is 8.18. The fourth-order valence-corrected chi connectivity index (χ4v) is 1.13. The number of carbonyl (C=O) groups excluding carboxylic acids is 1. The SMILES string of the molecule is C=C(C)C(=O)NCCc1ccc(O)cc1.CC(C)[NH-].[Y]. The van der Waals surface area contributed by atoms with Crippen molar-refractivity contribution in [1.29, 1.82) is 0 Å². The van der Waals surface area contributed by atoms with Crippen LogP contribution >= 0.6 is 0 Å². The molecule has 1 rings (SSSR count). The Morgan fingerprint density at radius 1 is 1.35 bits per heavy atom. The average molecular weight is 352 g/mol. The molecule has 0 unspecified atom stereocenters. The second-order valence-electron chi connectivity index (χ2n) is 4.61. The first-order valence-electron chi connectivity index (χ1n) is 6.25. The third-order valence-corrected chi connectivity index (χ3v) is 2.02. The molecular formula is C15H23N2O2Y-. The van der Waals surface area contributed by atoms with E-state index in [-0.39, 0.29) is 50.4 Å². The number of phenolic OH excluding ortho intramolecular Hbond substituents is 1. The van der Waals surface area contributed by atoms with Crippen molar-refractivity contribution in [2.45, 2.75) is 33.2 Å². The quantitative estimate of drug-likeness (QED) is 0.818. The molecule has 0 heterocycles. The molecule has 1 amide bonds. The Labute approximate surface area is 146 Å². The van der Waals surface area contributed by atoms with Crippen LogP contribution in [0.4, 0.5) is 0 Å². The molecule has 0 atom stereocenters. The first-order chi connectivity index (χ1) is 8.82. The number of aromatic hydroxyl groups is 1. The van der Waals surface area contributed by atoms with Gasteiger partial charge in [-0.05, 0) is 31.0 Å². The zero-order valence-electron chi connectivity index (χ0n) is 12.4. The molecule has 0 spiro atoms. The third-order valence-electron chi connectivity index (χ3n) is 2.02. The van der Waals surface area contributed by atoms with Gasteiger partial charge in [-0.1, -0.05) is 32.6 Å². The Morgan fingerprint density at radius 2 is 1.80 bits per heavy atom. The van der Waals surface area contributed by atoms with Gasteiger partial charge in [-0.15, -0.1) is 6.04 Å². The standard InChI is InChI=1S/C12H15NO2.C3H8N.Y/c1-9(2)12(15)13-8-7-10-3-5-11(14)6-4-10;1-3(2)4;/h3-6,14H,1,7-8H2,2H3,(H,13,15);3-4H,1-2H3;/q;-1;. The van der Waals surface area contributed by atoms with Crippen LogP contribution < -0.4 is 5.32 Å². The van der Waals surface area contributed by atoms with Crippen molar-refractivity contribution in [2.75, 3.05) is 6.54 Å². The van der Waals surface area contributed by atoms with Crippen LogP contribution in [0.15, 0.2) is 36.4 Å². The molecule has 0 aliphatic carbocycles. The van der Waals surface area contributed by atoms with E-state index in [1.54, 1.807) is 19.1 Å². The normalized spacial score (nSPS) is 9.05. The maximum Gasteiger partial charge on any atom is 0.246 e. The molecule has 109 valence electrons. The summed E-state index contributed by atoms with van der Waals surface area (Å²) in [5, 5.41) is 11.8. The van der Waals surface area contributed by atoms with Gasteiger partial charge in [0.2, 0.25) is 5.91 Å². The number of rotatable bonds is 4. The van der Waals surface area contributed by atoms with Gasteiger partial charge in [-0.2, -0.15) is 0 Å². The van der Waals surface area contributed by atoms with Gasteiger partial charge in [0.25, 0.3) is 0 Å². The molecule has 0 bridgehead atoms. The summed E-state index contributed by atoms with van der Waals surface area (Å²) >= 11 is 0. The number of phenols is 1. The third kappa shape index (κ3) is 12.3. The summed E-state index contributed by atoms with van der Waals surface area (Å²) in [4.78, 5) is 11.1. The molecule has 0 saturated heterocycles. The Balaban J connectivity index is 0. The molecule has 0 aliphatic rings. The van der Waals surface area contributed by atoms with E-state index in [1.807, 2.05) is 26.0 Å². The largest absolute Gasteiger partial charge is 0.675 e. The van der Waals surface area contributed by atoms with Gasteiger partial charge in [-0.25, -0.2) is 0 Å². The van der Waals surface area contributed by atoms with E-state index < -0.39 is 0 Å². The van der Waals surface area contributed by atoms with E-state index in [4.69, 9.17) is 10.8 Å². The number of carbonyl (C=O) groups is 1. The van der Waals surface area contributed by atoms with Crippen molar-refractivity contribution in [3.05, 3.63) is 47.7 Å². The Morgan fingerprint density at radius 3 is 2.20 bits per heavy atom. The predicted molar refractivity (Wildman–Crippen MR) is 79.1 cm³/mol. The monoisotopic (exact) mass is 352 g/mol. The van der Waals surface area contributed by atoms with Crippen molar-refractivity contribution >= 4 is 5.91 Å². The molecule has 1 aromatic carbocycles. The Kier molecular flexibility index (Phi) is 13.0. The van der Waals surface area contributed by atoms with Crippen LogP contribution in [-0.4, -0.2) is 23.6 Å². The number of benzene rings is 1. The first-order valence-corrected chi connectivity index (χ1v) is 6.25. The molecule has 0 fully saturated rings. The molecule has 1 aromatic rings. The minimum atomic E-state index is -0.117. The number of hydrogen-bond donors (Lipinski definition) is 2. The topological polar surface area (TPSA) is 73.1 Å². The van der Waals surface area contributed by atoms with E-state index in [0.717, 1.165) is 12.0 Å². The molecule has 0 aliphatic heterocycles. The van der Waals surface area contributed by atoms with Crippen molar-refractivity contribution in [3.8, 4) is 5.75 Å². The minimum Gasteiger partial charge on any atom is -0.675 e. The fourth-order valence-electron chi connectivity index (χ4n) is 1.13. The van der Waals surface area contributed by atoms with Gasteiger partial charge in [0, 0.05) is 44.8 Å². The van der Waals surface area contributed by atoms with Crippen LogP contribution in [-0.2, 0) is 43.9 Å². The van der Waals surface area contributed by atoms with Gasteiger partial charge < -0.3 is 16.2 Å². The summed E-state index contributed by atoms with van der Waals surface area (Å²) in [7, 11) is 0. The van der Waals surface area contributed by atoms with Crippen LogP contribution in [0, 0.1) is 0 Å². The summed E-state index contributed by atoms with van der Waals surface area (Å²) in [5.74, 6) is 0.137. The molecule has 20 heavy (non-hydrogen) atoms. The van der Waals surface area contributed by atoms with Crippen LogP contribution in [0.1, 0.15) is 26.3 Å². The average Bonchev–Trinajstić information content (AvgIpc) is 2.30. The second kappa shape index (κ2) is 12.1. The van der Waals surface area contributed by atoms with E-state index in [2.05, 4.69) is 11.9 Å². The smallest absolute Gasteiger partial charge is 0.246 e. The van der Waals surface area contributed by atoms with Crippen LogP contribution in [0.3, 0.4) is 0 Å². The molecule has 5 heteroatoms. The van der Waals surface area contributed by atoms with Gasteiger partial charge in [0.1, 0.15) is 5.75 Å². The van der Waals surface area contributed by atoms with Crippen molar-refractivity contribution in [1.82, 2.24) is 5.32 Å². The maximum absolute atomic E-state index is 11.1. The first kappa shape index (κ1) is 21.6. The van der Waals surface area contributed by atoms with Crippen molar-refractivity contribution in [2.24, 2.45) is 0 Å². The van der Waals surface area contributed by atoms with E-state index in [1.165, 1.54) is 0 Å². The van der Waals surface area contributed by atoms with Gasteiger partial charge >= 0.3 is 0 Å². The number of amides is 1.